The number of benzene rings is 2. The third kappa shape index (κ3) is 3.89. The number of halogens is 2. The number of carbonyl (C=O) groups excluding carboxylic acids is 1. The van der Waals surface area contributed by atoms with Crippen molar-refractivity contribution >= 4 is 17.6 Å². The van der Waals surface area contributed by atoms with E-state index in [0.717, 1.165) is 0 Å². The maximum absolute atomic E-state index is 12.3. The Morgan fingerprint density at radius 3 is 2.29 bits per heavy atom. The van der Waals surface area contributed by atoms with E-state index in [2.05, 4.69) is 4.74 Å². The van der Waals surface area contributed by atoms with Crippen LogP contribution in [0, 0.1) is 0 Å². The molecule has 0 aliphatic heterocycles. The first-order chi connectivity index (χ1) is 10.1. The van der Waals surface area contributed by atoms with Gasteiger partial charge in [-0.3, -0.25) is 0 Å². The minimum absolute atomic E-state index is 0.0952. The molecule has 0 fully saturated rings. The number of carbonyl (C=O) groups is 1. The number of alkyl halides is 2. The van der Waals surface area contributed by atoms with Gasteiger partial charge in [0.15, 0.2) is 0 Å². The van der Waals surface area contributed by atoms with Gasteiger partial charge in [-0.25, -0.2) is 0 Å². The van der Waals surface area contributed by atoms with Crippen LogP contribution in [0.3, 0.4) is 0 Å². The highest BCUT2D eigenvalue weighted by Crippen LogP contribution is 2.25. The van der Waals surface area contributed by atoms with Crippen molar-refractivity contribution < 1.29 is 23.4 Å². The van der Waals surface area contributed by atoms with E-state index in [1.165, 1.54) is 24.3 Å². The minimum Gasteiger partial charge on any atom is -0.545 e. The van der Waals surface area contributed by atoms with E-state index >= 15 is 0 Å². The third-order valence-electron chi connectivity index (χ3n) is 2.74. The van der Waals surface area contributed by atoms with Crippen LogP contribution in [0.5, 0.6) is 5.75 Å². The fraction of sp³-hybridized carbons (Fsp3) is 0.0625. The standard InChI is InChI=1S/C16H12F2O3/c17-16(18)21-14-9-5-4-8-12(14)10-13(15(19)20)11-6-2-1-3-7-11/h1-10,16H,(H,19,20)/p-1/b13-10-. The topological polar surface area (TPSA) is 49.4 Å². The van der Waals surface area contributed by atoms with Crippen LogP contribution in [0.2, 0.25) is 0 Å². The summed E-state index contributed by atoms with van der Waals surface area (Å²) < 4.78 is 29.1. The van der Waals surface area contributed by atoms with Gasteiger partial charge >= 0.3 is 6.61 Å². The Labute approximate surface area is 120 Å². The van der Waals surface area contributed by atoms with Crippen LogP contribution in [-0.4, -0.2) is 12.6 Å². The number of aliphatic carboxylic acids is 1. The lowest BCUT2D eigenvalue weighted by molar-refractivity contribution is -0.295. The molecule has 0 spiro atoms. The Balaban J connectivity index is 2.47. The molecule has 0 aliphatic rings. The van der Waals surface area contributed by atoms with Gasteiger partial charge in [0.05, 0.1) is 5.97 Å². The molecular weight excluding hydrogens is 278 g/mol. The molecule has 0 radical (unpaired) electrons. The largest absolute Gasteiger partial charge is 0.545 e. The van der Waals surface area contributed by atoms with E-state index in [4.69, 9.17) is 0 Å². The Kier molecular flexibility index (Phi) is 4.66. The Hall–Kier alpha value is -2.69. The number of rotatable bonds is 5. The first-order valence-corrected chi connectivity index (χ1v) is 6.10. The normalized spacial score (nSPS) is 11.5. The lowest BCUT2D eigenvalue weighted by atomic mass is 10.0. The lowest BCUT2D eigenvalue weighted by Crippen LogP contribution is -2.23. The predicted molar refractivity (Wildman–Crippen MR) is 72.4 cm³/mol. The van der Waals surface area contributed by atoms with Crippen LogP contribution in [0.1, 0.15) is 11.1 Å². The number of para-hydroxylation sites is 1. The Morgan fingerprint density at radius 1 is 1.05 bits per heavy atom. The second kappa shape index (κ2) is 6.65. The van der Waals surface area contributed by atoms with Gasteiger partial charge in [0.1, 0.15) is 5.75 Å². The molecule has 0 saturated heterocycles. The van der Waals surface area contributed by atoms with Gasteiger partial charge in [-0.1, -0.05) is 48.5 Å². The minimum atomic E-state index is -2.98. The summed E-state index contributed by atoms with van der Waals surface area (Å²) in [5, 5.41) is 11.3. The van der Waals surface area contributed by atoms with E-state index in [1.807, 2.05) is 0 Å². The number of carboxylic acid groups (broad SMARTS) is 1. The monoisotopic (exact) mass is 289 g/mol. The fourth-order valence-corrected chi connectivity index (χ4v) is 1.84. The Bertz CT molecular complexity index is 652. The highest BCUT2D eigenvalue weighted by atomic mass is 19.3. The van der Waals surface area contributed by atoms with Crippen LogP contribution in [0.4, 0.5) is 8.78 Å². The molecule has 2 aromatic carbocycles. The highest BCUT2D eigenvalue weighted by Gasteiger charge is 2.09. The summed E-state index contributed by atoms with van der Waals surface area (Å²) in [6.07, 6.45) is 1.25. The molecule has 0 atom stereocenters. The van der Waals surface area contributed by atoms with Crippen molar-refractivity contribution in [3.63, 3.8) is 0 Å². The third-order valence-corrected chi connectivity index (χ3v) is 2.74. The summed E-state index contributed by atoms with van der Waals surface area (Å²) in [5.74, 6) is -1.49. The van der Waals surface area contributed by atoms with E-state index in [9.17, 15) is 18.7 Å². The highest BCUT2D eigenvalue weighted by molar-refractivity contribution is 6.19. The summed E-state index contributed by atoms with van der Waals surface area (Å²) in [5.41, 5.74) is 0.547. The molecule has 3 nitrogen and oxygen atoms in total. The van der Waals surface area contributed by atoms with Gasteiger partial charge in [0, 0.05) is 11.1 Å². The van der Waals surface area contributed by atoms with E-state index in [0.29, 0.717) is 5.56 Å². The summed E-state index contributed by atoms with van der Waals surface area (Å²) >= 11 is 0. The molecule has 0 amide bonds. The molecule has 0 unspecified atom stereocenters. The summed E-state index contributed by atoms with van der Waals surface area (Å²) in [4.78, 5) is 11.3. The molecule has 2 aromatic rings. The predicted octanol–water partition coefficient (Wildman–Crippen LogP) is 2.58. The quantitative estimate of drug-likeness (QED) is 0.628. The molecule has 0 bridgehead atoms. The average molecular weight is 289 g/mol. The van der Waals surface area contributed by atoms with Crippen LogP contribution in [-0.2, 0) is 4.79 Å². The molecule has 0 aliphatic carbocycles. The van der Waals surface area contributed by atoms with Crippen LogP contribution >= 0.6 is 0 Å². The molecule has 0 N–H and O–H groups in total. The van der Waals surface area contributed by atoms with Gasteiger partial charge in [0.25, 0.3) is 0 Å². The number of hydrogen-bond donors (Lipinski definition) is 0. The maximum Gasteiger partial charge on any atom is 0.387 e. The van der Waals surface area contributed by atoms with Crippen molar-refractivity contribution in [1.29, 1.82) is 0 Å². The van der Waals surface area contributed by atoms with Crippen molar-refractivity contribution in [2.75, 3.05) is 0 Å². The molecule has 0 aromatic heterocycles. The van der Waals surface area contributed by atoms with Gasteiger partial charge in [-0.15, -0.1) is 0 Å². The molecule has 0 saturated carbocycles. The molecular formula is C16H11F2O3-. The van der Waals surface area contributed by atoms with Crippen molar-refractivity contribution in [2.45, 2.75) is 6.61 Å². The van der Waals surface area contributed by atoms with Gasteiger partial charge in [-0.05, 0) is 17.7 Å². The van der Waals surface area contributed by atoms with E-state index in [-0.39, 0.29) is 16.9 Å². The molecule has 21 heavy (non-hydrogen) atoms. The first-order valence-electron chi connectivity index (χ1n) is 6.10. The molecule has 108 valence electrons. The molecule has 0 heterocycles. The van der Waals surface area contributed by atoms with E-state index < -0.39 is 12.6 Å². The van der Waals surface area contributed by atoms with Crippen LogP contribution in [0.25, 0.3) is 11.6 Å². The summed E-state index contributed by atoms with van der Waals surface area (Å²) in [6.45, 7) is -2.98. The summed E-state index contributed by atoms with van der Waals surface area (Å²) in [6, 6.07) is 14.2. The van der Waals surface area contributed by atoms with Gasteiger partial charge in [-0.2, -0.15) is 8.78 Å². The van der Waals surface area contributed by atoms with E-state index in [1.54, 1.807) is 36.4 Å². The zero-order chi connectivity index (χ0) is 15.2. The van der Waals surface area contributed by atoms with Crippen LogP contribution < -0.4 is 9.84 Å². The number of hydrogen-bond acceptors (Lipinski definition) is 3. The lowest BCUT2D eigenvalue weighted by Gasteiger charge is -2.12. The fourth-order valence-electron chi connectivity index (χ4n) is 1.84. The summed E-state index contributed by atoms with van der Waals surface area (Å²) in [7, 11) is 0. The van der Waals surface area contributed by atoms with Gasteiger partial charge < -0.3 is 14.6 Å². The first kappa shape index (κ1) is 14.7. The van der Waals surface area contributed by atoms with Crippen molar-refractivity contribution in [2.24, 2.45) is 0 Å². The van der Waals surface area contributed by atoms with Crippen molar-refractivity contribution in [3.8, 4) is 5.75 Å². The SMILES string of the molecule is O=C([O-])/C(=C\c1ccccc1OC(F)F)c1ccccc1. The second-order valence-electron chi connectivity index (χ2n) is 4.13. The van der Waals surface area contributed by atoms with Crippen molar-refractivity contribution in [1.82, 2.24) is 0 Å². The van der Waals surface area contributed by atoms with Gasteiger partial charge in [0.2, 0.25) is 0 Å². The molecule has 2 rings (SSSR count). The Morgan fingerprint density at radius 2 is 1.67 bits per heavy atom. The second-order valence-corrected chi connectivity index (χ2v) is 4.13. The van der Waals surface area contributed by atoms with Crippen molar-refractivity contribution in [3.05, 3.63) is 65.7 Å². The molecule has 5 heteroatoms. The zero-order valence-corrected chi connectivity index (χ0v) is 10.8. The number of carboxylic acids is 1. The van der Waals surface area contributed by atoms with Crippen LogP contribution in [0.15, 0.2) is 54.6 Å². The zero-order valence-electron chi connectivity index (χ0n) is 10.8. The maximum atomic E-state index is 12.3. The average Bonchev–Trinajstić information content (AvgIpc) is 2.46. The smallest absolute Gasteiger partial charge is 0.387 e. The number of ether oxygens (including phenoxy) is 1.